The molecular weight excluding hydrogens is 448 g/mol. The zero-order chi connectivity index (χ0) is 23.9. The molecule has 3 aromatic heterocycles. The fourth-order valence-electron chi connectivity index (χ4n) is 5.33. The third-order valence-corrected chi connectivity index (χ3v) is 7.34. The van der Waals surface area contributed by atoms with Crippen molar-refractivity contribution in [1.29, 1.82) is 0 Å². The van der Waals surface area contributed by atoms with Crippen LogP contribution >= 0.6 is 0 Å². The molecule has 4 N–H and O–H groups in total. The Hall–Kier alpha value is -3.88. The van der Waals surface area contributed by atoms with Gasteiger partial charge in [-0.15, -0.1) is 0 Å². The summed E-state index contributed by atoms with van der Waals surface area (Å²) in [4.78, 5) is 25.4. The zero-order valence-corrected chi connectivity index (χ0v) is 20.0. The van der Waals surface area contributed by atoms with Crippen LogP contribution in [-0.2, 0) is 0 Å². The van der Waals surface area contributed by atoms with Crippen molar-refractivity contribution in [2.24, 2.45) is 0 Å². The minimum Gasteiger partial charge on any atom is -0.341 e. The van der Waals surface area contributed by atoms with E-state index in [2.05, 4.69) is 76.9 Å². The highest BCUT2D eigenvalue weighted by molar-refractivity contribution is 5.89. The number of rotatable bonds is 5. The summed E-state index contributed by atoms with van der Waals surface area (Å²) in [7, 11) is 0. The highest BCUT2D eigenvalue weighted by Gasteiger charge is 2.20. The van der Waals surface area contributed by atoms with Crippen LogP contribution in [0.15, 0.2) is 61.2 Å². The van der Waals surface area contributed by atoms with Crippen molar-refractivity contribution in [3.63, 3.8) is 0 Å². The molecule has 7 rings (SSSR count). The zero-order valence-electron chi connectivity index (χ0n) is 20.0. The summed E-state index contributed by atoms with van der Waals surface area (Å²) in [5, 5.41) is 9.31. The van der Waals surface area contributed by atoms with Crippen molar-refractivity contribution in [2.45, 2.75) is 37.8 Å². The standard InChI is InChI=1S/C28H28N8/c1-3-22(29-9-1)27-33-15-24(35-27)19-7-5-18-12-20(8-6-17(18)11-19)26-31-13-21(14-32-26)25-16-34-28(36-25)23-4-2-10-30-23/h5-8,11-16,22-23,29-30H,1-4,9-10H2,(H,33,35)(H,34,36). The summed E-state index contributed by atoms with van der Waals surface area (Å²) in [6.07, 6.45) is 12.2. The van der Waals surface area contributed by atoms with Gasteiger partial charge in [0.2, 0.25) is 0 Å². The number of benzene rings is 2. The maximum absolute atomic E-state index is 4.65. The number of nitrogens with one attached hydrogen (secondary N) is 4. The smallest absolute Gasteiger partial charge is 0.159 e. The lowest BCUT2D eigenvalue weighted by Gasteiger charge is -2.07. The molecule has 0 saturated carbocycles. The van der Waals surface area contributed by atoms with E-state index in [-0.39, 0.29) is 0 Å². The number of H-pyrrole nitrogens is 2. The molecule has 0 amide bonds. The first-order valence-corrected chi connectivity index (χ1v) is 12.7. The van der Waals surface area contributed by atoms with Gasteiger partial charge in [-0.2, -0.15) is 0 Å². The Balaban J connectivity index is 1.11. The molecule has 2 aromatic carbocycles. The molecule has 5 aromatic rings. The van der Waals surface area contributed by atoms with Crippen LogP contribution in [0, 0.1) is 0 Å². The monoisotopic (exact) mass is 476 g/mol. The van der Waals surface area contributed by atoms with Gasteiger partial charge in [0.1, 0.15) is 11.6 Å². The number of aromatic nitrogens is 6. The molecule has 2 atom stereocenters. The van der Waals surface area contributed by atoms with Crippen molar-refractivity contribution in [2.75, 3.05) is 13.1 Å². The second-order valence-electron chi connectivity index (χ2n) is 9.73. The second kappa shape index (κ2) is 8.96. The summed E-state index contributed by atoms with van der Waals surface area (Å²) < 4.78 is 0. The summed E-state index contributed by atoms with van der Waals surface area (Å²) in [6, 6.07) is 13.5. The lowest BCUT2D eigenvalue weighted by Crippen LogP contribution is -2.14. The van der Waals surface area contributed by atoms with Crippen LogP contribution in [0.3, 0.4) is 0 Å². The minimum absolute atomic E-state index is 0.316. The minimum atomic E-state index is 0.316. The van der Waals surface area contributed by atoms with Gasteiger partial charge in [0.25, 0.3) is 0 Å². The second-order valence-corrected chi connectivity index (χ2v) is 9.73. The fraction of sp³-hybridized carbons (Fsp3) is 0.286. The maximum Gasteiger partial charge on any atom is 0.159 e. The number of fused-ring (bicyclic) bond motifs is 1. The van der Waals surface area contributed by atoms with Crippen molar-refractivity contribution in [1.82, 2.24) is 40.5 Å². The van der Waals surface area contributed by atoms with Crippen LogP contribution in [-0.4, -0.2) is 43.0 Å². The van der Waals surface area contributed by atoms with Crippen molar-refractivity contribution >= 4 is 10.8 Å². The first-order valence-electron chi connectivity index (χ1n) is 12.7. The van der Waals surface area contributed by atoms with E-state index >= 15 is 0 Å². The van der Waals surface area contributed by atoms with Gasteiger partial charge in [-0.3, -0.25) is 0 Å². The van der Waals surface area contributed by atoms with Crippen LogP contribution in [0.2, 0.25) is 0 Å². The molecule has 8 nitrogen and oxygen atoms in total. The van der Waals surface area contributed by atoms with Crippen LogP contribution < -0.4 is 10.6 Å². The van der Waals surface area contributed by atoms with E-state index in [9.17, 15) is 0 Å². The van der Waals surface area contributed by atoms with E-state index in [1.807, 2.05) is 24.8 Å². The number of imidazole rings is 2. The van der Waals surface area contributed by atoms with Crippen LogP contribution in [0.25, 0.3) is 44.7 Å². The van der Waals surface area contributed by atoms with Crippen LogP contribution in [0.4, 0.5) is 0 Å². The lowest BCUT2D eigenvalue weighted by molar-refractivity contribution is 0.613. The Morgan fingerprint density at radius 2 is 1.14 bits per heavy atom. The third-order valence-electron chi connectivity index (χ3n) is 7.34. The van der Waals surface area contributed by atoms with Gasteiger partial charge in [0, 0.05) is 29.1 Å². The molecule has 2 unspecified atom stereocenters. The molecule has 5 heterocycles. The average molecular weight is 477 g/mol. The molecule has 8 heteroatoms. The van der Waals surface area contributed by atoms with E-state index in [0.717, 1.165) is 71.0 Å². The highest BCUT2D eigenvalue weighted by atomic mass is 15.0. The molecule has 2 fully saturated rings. The topological polar surface area (TPSA) is 107 Å². The first kappa shape index (κ1) is 21.4. The van der Waals surface area contributed by atoms with Crippen LogP contribution in [0.5, 0.6) is 0 Å². The third kappa shape index (κ3) is 3.98. The van der Waals surface area contributed by atoms with Gasteiger partial charge in [-0.25, -0.2) is 19.9 Å². The van der Waals surface area contributed by atoms with Gasteiger partial charge >= 0.3 is 0 Å². The lowest BCUT2D eigenvalue weighted by atomic mass is 10.0. The summed E-state index contributed by atoms with van der Waals surface area (Å²) in [5.41, 5.74) is 5.07. The molecule has 0 spiro atoms. The molecule has 0 radical (unpaired) electrons. The fourth-order valence-corrected chi connectivity index (χ4v) is 5.33. The Labute approximate surface area is 209 Å². The van der Waals surface area contributed by atoms with E-state index in [4.69, 9.17) is 0 Å². The summed E-state index contributed by atoms with van der Waals surface area (Å²) in [5.74, 6) is 2.73. The Morgan fingerprint density at radius 3 is 1.72 bits per heavy atom. The first-order chi connectivity index (χ1) is 17.8. The normalized spacial score (nSPS) is 19.9. The number of hydrogen-bond acceptors (Lipinski definition) is 6. The predicted octanol–water partition coefficient (Wildman–Crippen LogP) is 4.93. The predicted molar refractivity (Wildman–Crippen MR) is 140 cm³/mol. The van der Waals surface area contributed by atoms with Crippen LogP contribution in [0.1, 0.15) is 49.4 Å². The number of aromatic amines is 2. The average Bonchev–Trinajstić information content (AvgIpc) is 3.75. The molecule has 0 aliphatic carbocycles. The number of nitrogens with zero attached hydrogens (tertiary/aromatic N) is 4. The Kier molecular flexibility index (Phi) is 5.33. The van der Waals surface area contributed by atoms with Gasteiger partial charge in [0.15, 0.2) is 5.82 Å². The van der Waals surface area contributed by atoms with Crippen molar-refractivity contribution in [3.05, 3.63) is 72.8 Å². The molecular formula is C28H28N8. The van der Waals surface area contributed by atoms with E-state index < -0.39 is 0 Å². The Morgan fingerprint density at radius 1 is 0.583 bits per heavy atom. The summed E-state index contributed by atoms with van der Waals surface area (Å²) in [6.45, 7) is 2.11. The largest absolute Gasteiger partial charge is 0.341 e. The molecule has 2 aliphatic heterocycles. The van der Waals surface area contributed by atoms with Gasteiger partial charge in [-0.05, 0) is 61.7 Å². The van der Waals surface area contributed by atoms with Gasteiger partial charge in [0.05, 0.1) is 35.9 Å². The molecule has 36 heavy (non-hydrogen) atoms. The van der Waals surface area contributed by atoms with Gasteiger partial charge < -0.3 is 20.6 Å². The van der Waals surface area contributed by atoms with Gasteiger partial charge in [-0.1, -0.05) is 24.3 Å². The maximum atomic E-state index is 4.65. The highest BCUT2D eigenvalue weighted by Crippen LogP contribution is 2.29. The van der Waals surface area contributed by atoms with Crippen molar-refractivity contribution < 1.29 is 0 Å². The quantitative estimate of drug-likeness (QED) is 0.287. The summed E-state index contributed by atoms with van der Waals surface area (Å²) >= 11 is 0. The molecule has 2 saturated heterocycles. The SMILES string of the molecule is c1cc2cc(-c3cnc(C4CCCN4)[nH]3)ccc2cc1-c1ncc(-c2cnc(C3CCCN3)[nH]2)cn1. The van der Waals surface area contributed by atoms with E-state index in [1.165, 1.54) is 18.2 Å². The van der Waals surface area contributed by atoms with E-state index in [0.29, 0.717) is 17.9 Å². The van der Waals surface area contributed by atoms with Crippen molar-refractivity contribution in [3.8, 4) is 33.9 Å². The number of hydrogen-bond donors (Lipinski definition) is 4. The van der Waals surface area contributed by atoms with E-state index in [1.54, 1.807) is 0 Å². The molecule has 180 valence electrons. The Bertz CT molecular complexity index is 1500. The molecule has 2 aliphatic rings. The molecule has 0 bridgehead atoms.